The molecule has 0 fully saturated rings. The zero-order chi connectivity index (χ0) is 22.9. The number of hydrogen-bond acceptors (Lipinski definition) is 4. The molecule has 0 spiro atoms. The Balaban J connectivity index is 1.82. The number of anilines is 2. The lowest BCUT2D eigenvalue weighted by Gasteiger charge is -2.18. The van der Waals surface area contributed by atoms with Crippen LogP contribution in [0, 0.1) is 0 Å². The number of thioether (sulfide) groups is 1. The molecule has 1 heterocycles. The maximum atomic E-state index is 14.3. The Bertz CT molecular complexity index is 1270. The molecule has 3 aromatic carbocycles. The SMILES string of the molecule is C=C(N)c1ccc2c(c1)nc(Nc1ccc(SC)cc1)n2Cc1ccccc1C(C)(F)F. The van der Waals surface area contributed by atoms with Crippen molar-refractivity contribution in [1.82, 2.24) is 9.55 Å². The first-order chi connectivity index (χ1) is 15.3. The number of benzene rings is 3. The molecule has 0 saturated heterocycles. The first kappa shape index (κ1) is 21.9. The van der Waals surface area contributed by atoms with Crippen LogP contribution in [0.15, 0.2) is 78.2 Å². The summed E-state index contributed by atoms with van der Waals surface area (Å²) in [6.07, 6.45) is 2.02. The summed E-state index contributed by atoms with van der Waals surface area (Å²) in [5.74, 6) is -2.38. The highest BCUT2D eigenvalue weighted by Gasteiger charge is 2.27. The van der Waals surface area contributed by atoms with Crippen LogP contribution in [0.5, 0.6) is 0 Å². The second kappa shape index (κ2) is 8.67. The second-order valence-corrected chi connectivity index (χ2v) is 8.53. The molecule has 4 aromatic rings. The Kier molecular flexibility index (Phi) is 5.93. The van der Waals surface area contributed by atoms with Gasteiger partial charge >= 0.3 is 0 Å². The molecule has 0 aliphatic carbocycles. The Hall–Kier alpha value is -3.32. The third-order valence-electron chi connectivity index (χ3n) is 5.28. The summed E-state index contributed by atoms with van der Waals surface area (Å²) in [6, 6.07) is 20.2. The number of halogens is 2. The topological polar surface area (TPSA) is 55.9 Å². The highest BCUT2D eigenvalue weighted by atomic mass is 32.2. The molecule has 0 bridgehead atoms. The molecule has 0 atom stereocenters. The van der Waals surface area contributed by atoms with Crippen LogP contribution in [0.2, 0.25) is 0 Å². The van der Waals surface area contributed by atoms with Gasteiger partial charge < -0.3 is 15.6 Å². The molecule has 0 aliphatic heterocycles. The minimum atomic E-state index is -2.95. The summed E-state index contributed by atoms with van der Waals surface area (Å²) in [7, 11) is 0. The predicted molar refractivity (Wildman–Crippen MR) is 130 cm³/mol. The van der Waals surface area contributed by atoms with Gasteiger partial charge in [0.05, 0.1) is 17.6 Å². The summed E-state index contributed by atoms with van der Waals surface area (Å²) < 4.78 is 30.4. The molecule has 1 aromatic heterocycles. The lowest BCUT2D eigenvalue weighted by atomic mass is 10.0. The van der Waals surface area contributed by atoms with Crippen molar-refractivity contribution in [2.45, 2.75) is 24.3 Å². The van der Waals surface area contributed by atoms with E-state index in [9.17, 15) is 8.78 Å². The molecule has 4 nitrogen and oxygen atoms in total. The number of alkyl halides is 2. The predicted octanol–water partition coefficient (Wildman–Crippen LogP) is 6.59. The van der Waals surface area contributed by atoms with Crippen LogP contribution < -0.4 is 11.1 Å². The van der Waals surface area contributed by atoms with Crippen LogP contribution >= 0.6 is 11.8 Å². The Labute approximate surface area is 190 Å². The van der Waals surface area contributed by atoms with Crippen molar-refractivity contribution in [3.05, 3.63) is 90.0 Å². The van der Waals surface area contributed by atoms with Crippen LogP contribution in [0.3, 0.4) is 0 Å². The quantitative estimate of drug-likeness (QED) is 0.312. The van der Waals surface area contributed by atoms with E-state index in [4.69, 9.17) is 10.7 Å². The van der Waals surface area contributed by atoms with Crippen molar-refractivity contribution in [3.8, 4) is 0 Å². The Morgan fingerprint density at radius 1 is 1.12 bits per heavy atom. The summed E-state index contributed by atoms with van der Waals surface area (Å²) in [4.78, 5) is 5.89. The van der Waals surface area contributed by atoms with Gasteiger partial charge in [-0.2, -0.15) is 0 Å². The molecular formula is C25H24F2N4S. The van der Waals surface area contributed by atoms with E-state index < -0.39 is 5.92 Å². The molecule has 0 unspecified atom stereocenters. The zero-order valence-corrected chi connectivity index (χ0v) is 18.7. The molecule has 0 saturated carbocycles. The van der Waals surface area contributed by atoms with Crippen LogP contribution in [-0.2, 0) is 12.5 Å². The molecule has 0 aliphatic rings. The van der Waals surface area contributed by atoms with Crippen LogP contribution in [0.1, 0.15) is 23.6 Å². The number of rotatable bonds is 7. The van der Waals surface area contributed by atoms with Gasteiger partial charge in [-0.15, -0.1) is 11.8 Å². The van der Waals surface area contributed by atoms with Crippen molar-refractivity contribution in [2.75, 3.05) is 11.6 Å². The Morgan fingerprint density at radius 3 is 2.50 bits per heavy atom. The van der Waals surface area contributed by atoms with Crippen molar-refractivity contribution in [1.29, 1.82) is 0 Å². The number of imidazole rings is 1. The van der Waals surface area contributed by atoms with Crippen LogP contribution in [-0.4, -0.2) is 15.8 Å². The third-order valence-corrected chi connectivity index (χ3v) is 6.03. The van der Waals surface area contributed by atoms with Gasteiger partial charge in [-0.1, -0.05) is 36.9 Å². The average Bonchev–Trinajstić information content (AvgIpc) is 3.10. The van der Waals surface area contributed by atoms with Crippen molar-refractivity contribution < 1.29 is 8.78 Å². The third kappa shape index (κ3) is 4.48. The van der Waals surface area contributed by atoms with E-state index in [1.54, 1.807) is 30.0 Å². The van der Waals surface area contributed by atoms with E-state index in [0.717, 1.165) is 28.6 Å². The summed E-state index contributed by atoms with van der Waals surface area (Å²) >= 11 is 1.66. The van der Waals surface area contributed by atoms with Gasteiger partial charge in [-0.25, -0.2) is 13.8 Å². The van der Waals surface area contributed by atoms with E-state index in [-0.39, 0.29) is 12.1 Å². The summed E-state index contributed by atoms with van der Waals surface area (Å²) in [6.45, 7) is 4.95. The molecule has 32 heavy (non-hydrogen) atoms. The highest BCUT2D eigenvalue weighted by Crippen LogP contribution is 2.32. The maximum Gasteiger partial charge on any atom is 0.270 e. The lowest BCUT2D eigenvalue weighted by molar-refractivity contribution is 0.0165. The fraction of sp³-hybridized carbons (Fsp3) is 0.160. The molecule has 0 radical (unpaired) electrons. The minimum absolute atomic E-state index is 0.00378. The number of aromatic nitrogens is 2. The molecule has 0 amide bonds. The van der Waals surface area contributed by atoms with Gasteiger partial charge in [-0.3, -0.25) is 0 Å². The lowest BCUT2D eigenvalue weighted by Crippen LogP contribution is -2.14. The minimum Gasteiger partial charge on any atom is -0.399 e. The van der Waals surface area contributed by atoms with Crippen LogP contribution in [0.4, 0.5) is 20.4 Å². The molecule has 4 rings (SSSR count). The number of hydrogen-bond donors (Lipinski definition) is 2. The monoisotopic (exact) mass is 450 g/mol. The molecule has 164 valence electrons. The number of nitrogens with zero attached hydrogens (tertiary/aromatic N) is 2. The van der Waals surface area contributed by atoms with Crippen LogP contribution in [0.25, 0.3) is 16.7 Å². The first-order valence-corrected chi connectivity index (χ1v) is 11.3. The average molecular weight is 451 g/mol. The maximum absolute atomic E-state index is 14.3. The normalized spacial score (nSPS) is 11.6. The molecular weight excluding hydrogens is 426 g/mol. The largest absolute Gasteiger partial charge is 0.399 e. The van der Waals surface area contributed by atoms with Gasteiger partial charge in [0.15, 0.2) is 0 Å². The van der Waals surface area contributed by atoms with Gasteiger partial charge in [0.2, 0.25) is 5.95 Å². The summed E-state index contributed by atoms with van der Waals surface area (Å²) in [5.41, 5.74) is 10.00. The van der Waals surface area contributed by atoms with E-state index >= 15 is 0 Å². The second-order valence-electron chi connectivity index (χ2n) is 7.65. The van der Waals surface area contributed by atoms with E-state index in [1.807, 2.05) is 53.3 Å². The van der Waals surface area contributed by atoms with E-state index in [1.165, 1.54) is 6.07 Å². The Morgan fingerprint density at radius 2 is 1.84 bits per heavy atom. The summed E-state index contributed by atoms with van der Waals surface area (Å²) in [5, 5.41) is 3.34. The van der Waals surface area contributed by atoms with E-state index in [2.05, 4.69) is 11.9 Å². The van der Waals surface area contributed by atoms with Gasteiger partial charge in [0, 0.05) is 28.8 Å². The number of nitrogens with one attached hydrogen (secondary N) is 1. The zero-order valence-electron chi connectivity index (χ0n) is 17.9. The smallest absolute Gasteiger partial charge is 0.270 e. The fourth-order valence-electron chi connectivity index (χ4n) is 3.65. The highest BCUT2D eigenvalue weighted by molar-refractivity contribution is 7.98. The number of nitrogens with two attached hydrogens (primary N) is 1. The standard InChI is InChI=1S/C25H24F2N4S/c1-16(28)17-8-13-23-22(14-17)30-24(29-19-9-11-20(32-3)12-10-19)31(23)15-18-6-4-5-7-21(18)25(2,26)27/h4-14H,1,15,28H2,2-3H3,(H,29,30). The molecule has 7 heteroatoms. The van der Waals surface area contributed by atoms with Gasteiger partial charge in [-0.05, 0) is 53.8 Å². The van der Waals surface area contributed by atoms with Gasteiger partial charge in [0.25, 0.3) is 5.92 Å². The number of fused-ring (bicyclic) bond motifs is 1. The molecule has 3 N–H and O–H groups in total. The fourth-order valence-corrected chi connectivity index (χ4v) is 4.05. The van der Waals surface area contributed by atoms with E-state index in [0.29, 0.717) is 22.7 Å². The first-order valence-electron chi connectivity index (χ1n) is 10.1. The van der Waals surface area contributed by atoms with Gasteiger partial charge in [0.1, 0.15) is 0 Å². The van der Waals surface area contributed by atoms with Crippen molar-refractivity contribution in [2.24, 2.45) is 5.73 Å². The van der Waals surface area contributed by atoms with Crippen molar-refractivity contribution in [3.63, 3.8) is 0 Å². The van der Waals surface area contributed by atoms with Crippen molar-refractivity contribution >= 4 is 40.1 Å².